The SMILES string of the molecule is CCNC(=NCC1(N2CCOCC2)CCCCC1)N1CCOC(C2CCCO2)C1. The number of hydrogen-bond acceptors (Lipinski definition) is 5. The van der Waals surface area contributed by atoms with Gasteiger partial charge in [0.15, 0.2) is 5.96 Å². The molecule has 7 heteroatoms. The van der Waals surface area contributed by atoms with E-state index in [1.54, 1.807) is 0 Å². The molecule has 166 valence electrons. The molecule has 1 saturated carbocycles. The molecule has 1 aliphatic carbocycles. The van der Waals surface area contributed by atoms with Crippen LogP contribution in [0.3, 0.4) is 0 Å². The predicted octanol–water partition coefficient (Wildman–Crippen LogP) is 1.87. The zero-order chi connectivity index (χ0) is 19.9. The second-order valence-corrected chi connectivity index (χ2v) is 8.96. The summed E-state index contributed by atoms with van der Waals surface area (Å²) >= 11 is 0. The van der Waals surface area contributed by atoms with Gasteiger partial charge in [0.1, 0.15) is 6.10 Å². The molecule has 4 rings (SSSR count). The van der Waals surface area contributed by atoms with Crippen LogP contribution in [0.1, 0.15) is 51.9 Å². The second-order valence-electron chi connectivity index (χ2n) is 8.96. The summed E-state index contributed by atoms with van der Waals surface area (Å²) in [6.07, 6.45) is 9.21. The van der Waals surface area contributed by atoms with E-state index in [0.29, 0.717) is 0 Å². The topological polar surface area (TPSA) is 58.6 Å². The third-order valence-electron chi connectivity index (χ3n) is 7.10. The Bertz CT molecular complexity index is 526. The maximum Gasteiger partial charge on any atom is 0.194 e. The Kier molecular flexibility index (Phi) is 7.67. The van der Waals surface area contributed by atoms with Gasteiger partial charge in [-0.05, 0) is 32.6 Å². The van der Waals surface area contributed by atoms with E-state index in [9.17, 15) is 0 Å². The molecule has 1 N–H and O–H groups in total. The van der Waals surface area contributed by atoms with E-state index in [-0.39, 0.29) is 17.7 Å². The summed E-state index contributed by atoms with van der Waals surface area (Å²) < 4.78 is 17.6. The number of ether oxygens (including phenoxy) is 3. The third kappa shape index (κ3) is 5.24. The summed E-state index contributed by atoms with van der Waals surface area (Å²) in [7, 11) is 0. The lowest BCUT2D eigenvalue weighted by Crippen LogP contribution is -2.57. The van der Waals surface area contributed by atoms with Gasteiger partial charge in [0.05, 0.1) is 32.5 Å². The smallest absolute Gasteiger partial charge is 0.194 e. The number of rotatable bonds is 5. The van der Waals surface area contributed by atoms with Crippen LogP contribution in [0.15, 0.2) is 4.99 Å². The number of aliphatic imine (C=N–C) groups is 1. The van der Waals surface area contributed by atoms with Gasteiger partial charge in [-0.25, -0.2) is 0 Å². The van der Waals surface area contributed by atoms with Crippen LogP contribution in [0, 0.1) is 0 Å². The van der Waals surface area contributed by atoms with Crippen LogP contribution in [-0.2, 0) is 14.2 Å². The highest BCUT2D eigenvalue weighted by atomic mass is 16.5. The number of nitrogens with zero attached hydrogens (tertiary/aromatic N) is 3. The van der Waals surface area contributed by atoms with Gasteiger partial charge >= 0.3 is 0 Å². The molecule has 4 fully saturated rings. The molecular formula is C22H40N4O3. The van der Waals surface area contributed by atoms with Gasteiger partial charge in [0, 0.05) is 44.9 Å². The first-order valence-corrected chi connectivity index (χ1v) is 11.9. The highest BCUT2D eigenvalue weighted by Gasteiger charge is 2.39. The zero-order valence-electron chi connectivity index (χ0n) is 18.2. The number of nitrogens with one attached hydrogen (secondary N) is 1. The average Bonchev–Trinajstić information content (AvgIpc) is 3.33. The third-order valence-corrected chi connectivity index (χ3v) is 7.10. The minimum atomic E-state index is 0.165. The fourth-order valence-electron chi connectivity index (χ4n) is 5.46. The fraction of sp³-hybridized carbons (Fsp3) is 0.955. The van der Waals surface area contributed by atoms with Gasteiger partial charge in [-0.2, -0.15) is 0 Å². The lowest BCUT2D eigenvalue weighted by Gasteiger charge is -2.47. The van der Waals surface area contributed by atoms with E-state index in [1.165, 1.54) is 32.1 Å². The number of guanidine groups is 1. The monoisotopic (exact) mass is 408 g/mol. The van der Waals surface area contributed by atoms with Crippen molar-refractivity contribution in [3.63, 3.8) is 0 Å². The van der Waals surface area contributed by atoms with E-state index >= 15 is 0 Å². The van der Waals surface area contributed by atoms with E-state index in [4.69, 9.17) is 19.2 Å². The van der Waals surface area contributed by atoms with Gasteiger partial charge < -0.3 is 24.4 Å². The molecule has 7 nitrogen and oxygen atoms in total. The van der Waals surface area contributed by atoms with Crippen molar-refractivity contribution >= 4 is 5.96 Å². The van der Waals surface area contributed by atoms with Gasteiger partial charge in [-0.15, -0.1) is 0 Å². The second kappa shape index (κ2) is 10.4. The van der Waals surface area contributed by atoms with Gasteiger partial charge in [-0.1, -0.05) is 19.3 Å². The Morgan fingerprint density at radius 1 is 0.966 bits per heavy atom. The van der Waals surface area contributed by atoms with Gasteiger partial charge in [0.2, 0.25) is 0 Å². The first-order valence-electron chi connectivity index (χ1n) is 11.9. The minimum Gasteiger partial charge on any atom is -0.379 e. The van der Waals surface area contributed by atoms with Crippen LogP contribution in [-0.4, -0.2) is 99.2 Å². The van der Waals surface area contributed by atoms with Crippen LogP contribution in [0.25, 0.3) is 0 Å². The van der Waals surface area contributed by atoms with Gasteiger partial charge in [-0.3, -0.25) is 9.89 Å². The molecule has 0 aromatic rings. The Labute approximate surface area is 176 Å². The van der Waals surface area contributed by atoms with Crippen LogP contribution >= 0.6 is 0 Å². The van der Waals surface area contributed by atoms with E-state index < -0.39 is 0 Å². The van der Waals surface area contributed by atoms with Crippen molar-refractivity contribution in [3.8, 4) is 0 Å². The molecule has 3 aliphatic heterocycles. The quantitative estimate of drug-likeness (QED) is 0.554. The van der Waals surface area contributed by atoms with Crippen molar-refractivity contribution in [1.82, 2.24) is 15.1 Å². The van der Waals surface area contributed by atoms with Crippen molar-refractivity contribution in [1.29, 1.82) is 0 Å². The lowest BCUT2D eigenvalue weighted by molar-refractivity contribution is -0.0818. The first-order chi connectivity index (χ1) is 14.3. The molecule has 2 unspecified atom stereocenters. The van der Waals surface area contributed by atoms with Crippen LogP contribution in [0.4, 0.5) is 0 Å². The van der Waals surface area contributed by atoms with E-state index in [0.717, 1.165) is 84.5 Å². The summed E-state index contributed by atoms with van der Waals surface area (Å²) in [5, 5.41) is 3.56. The van der Waals surface area contributed by atoms with Crippen molar-refractivity contribution in [2.24, 2.45) is 4.99 Å². The fourth-order valence-corrected chi connectivity index (χ4v) is 5.46. The minimum absolute atomic E-state index is 0.165. The summed E-state index contributed by atoms with van der Waals surface area (Å²) in [5.74, 6) is 1.05. The molecule has 29 heavy (non-hydrogen) atoms. The molecule has 0 aromatic carbocycles. The van der Waals surface area contributed by atoms with Crippen molar-refractivity contribution in [2.45, 2.75) is 69.6 Å². The largest absolute Gasteiger partial charge is 0.379 e. The average molecular weight is 409 g/mol. The molecular weight excluding hydrogens is 368 g/mol. The van der Waals surface area contributed by atoms with E-state index in [2.05, 4.69) is 22.0 Å². The first kappa shape index (κ1) is 21.3. The highest BCUT2D eigenvalue weighted by molar-refractivity contribution is 5.80. The summed E-state index contributed by atoms with van der Waals surface area (Å²) in [6.45, 7) is 11.2. The molecule has 2 atom stereocenters. The van der Waals surface area contributed by atoms with Crippen LogP contribution < -0.4 is 5.32 Å². The Morgan fingerprint density at radius 2 is 1.76 bits per heavy atom. The highest BCUT2D eigenvalue weighted by Crippen LogP contribution is 2.34. The molecule has 4 aliphatic rings. The standard InChI is InChI=1S/C22H40N4O3/c1-2-23-21(25-10-16-29-20(17-25)19-7-6-13-28-19)24-18-22(8-4-3-5-9-22)26-11-14-27-15-12-26/h19-20H,2-18H2,1H3,(H,23,24). The maximum atomic E-state index is 6.06. The van der Waals surface area contributed by atoms with Gasteiger partial charge in [0.25, 0.3) is 0 Å². The molecule has 0 aromatic heterocycles. The summed E-state index contributed by atoms with van der Waals surface area (Å²) in [6, 6.07) is 0. The van der Waals surface area contributed by atoms with E-state index in [1.807, 2.05) is 0 Å². The zero-order valence-corrected chi connectivity index (χ0v) is 18.2. The number of morpholine rings is 2. The maximum absolute atomic E-state index is 6.06. The summed E-state index contributed by atoms with van der Waals surface area (Å²) in [4.78, 5) is 10.3. The molecule has 3 heterocycles. The molecule has 0 bridgehead atoms. The molecule has 0 radical (unpaired) electrons. The lowest BCUT2D eigenvalue weighted by atomic mass is 9.80. The summed E-state index contributed by atoms with van der Waals surface area (Å²) in [5.41, 5.74) is 0.211. The van der Waals surface area contributed by atoms with Crippen LogP contribution in [0.2, 0.25) is 0 Å². The molecule has 0 amide bonds. The van der Waals surface area contributed by atoms with Crippen molar-refractivity contribution in [2.75, 3.05) is 65.7 Å². The van der Waals surface area contributed by atoms with Crippen molar-refractivity contribution in [3.05, 3.63) is 0 Å². The van der Waals surface area contributed by atoms with Crippen LogP contribution in [0.5, 0.6) is 0 Å². The number of hydrogen-bond donors (Lipinski definition) is 1. The Hall–Kier alpha value is -0.890. The molecule has 3 saturated heterocycles. The Morgan fingerprint density at radius 3 is 2.48 bits per heavy atom. The Balaban J connectivity index is 1.45. The molecule has 0 spiro atoms. The normalized spacial score (nSPS) is 31.8. The van der Waals surface area contributed by atoms with Crippen molar-refractivity contribution < 1.29 is 14.2 Å². The predicted molar refractivity (Wildman–Crippen MR) is 114 cm³/mol.